The van der Waals surface area contributed by atoms with Crippen LogP contribution < -0.4 is 28.4 Å². The molecular formula is C58H69ClO10. The molecule has 5 aromatic rings. The second-order valence-electron chi connectivity index (χ2n) is 17.3. The predicted molar refractivity (Wildman–Crippen MR) is 272 cm³/mol. The van der Waals surface area contributed by atoms with Crippen LogP contribution in [0.25, 0.3) is 0 Å². The summed E-state index contributed by atoms with van der Waals surface area (Å²) in [7, 11) is 0. The number of carbonyl (C=O) groups excluding carboxylic acids is 4. The van der Waals surface area contributed by atoms with Gasteiger partial charge in [0, 0.05) is 6.07 Å². The monoisotopic (exact) mass is 960 g/mol. The molecule has 0 spiro atoms. The summed E-state index contributed by atoms with van der Waals surface area (Å²) in [6, 6.07) is 29.6. The highest BCUT2D eigenvalue weighted by Crippen LogP contribution is 2.31. The van der Waals surface area contributed by atoms with Crippen molar-refractivity contribution in [3.63, 3.8) is 0 Å². The third-order valence-electron chi connectivity index (χ3n) is 11.6. The Bertz CT molecular complexity index is 2290. The molecule has 368 valence electrons. The Morgan fingerprint density at radius 1 is 0.333 bits per heavy atom. The number of benzene rings is 5. The van der Waals surface area contributed by atoms with Crippen LogP contribution in [-0.4, -0.2) is 37.1 Å². The van der Waals surface area contributed by atoms with Crippen LogP contribution in [0.15, 0.2) is 115 Å². The van der Waals surface area contributed by atoms with Crippen LogP contribution in [-0.2, 0) is 0 Å². The normalized spacial score (nSPS) is 10.9. The Kier molecular flexibility index (Phi) is 24.2. The van der Waals surface area contributed by atoms with Gasteiger partial charge in [0.25, 0.3) is 0 Å². The van der Waals surface area contributed by atoms with Crippen LogP contribution in [0.1, 0.15) is 184 Å². The summed E-state index contributed by atoms with van der Waals surface area (Å²) in [5, 5.41) is 0.105. The lowest BCUT2D eigenvalue weighted by atomic mass is 10.1. The van der Waals surface area contributed by atoms with Gasteiger partial charge >= 0.3 is 23.9 Å². The molecule has 0 N–H and O–H groups in total. The smallest absolute Gasteiger partial charge is 0.343 e. The molecule has 0 aliphatic heterocycles. The van der Waals surface area contributed by atoms with E-state index in [-0.39, 0.29) is 38.8 Å². The fraction of sp³-hybridized carbons (Fsp3) is 0.414. The third kappa shape index (κ3) is 20.2. The lowest BCUT2D eigenvalue weighted by Crippen LogP contribution is -2.12. The van der Waals surface area contributed by atoms with Gasteiger partial charge in [-0.15, -0.1) is 0 Å². The fourth-order valence-corrected chi connectivity index (χ4v) is 7.69. The summed E-state index contributed by atoms with van der Waals surface area (Å²) in [5.74, 6) is -0.476. The van der Waals surface area contributed by atoms with Gasteiger partial charge in [0.2, 0.25) is 0 Å². The van der Waals surface area contributed by atoms with E-state index in [0.29, 0.717) is 36.2 Å². The molecule has 0 aromatic heterocycles. The van der Waals surface area contributed by atoms with Crippen molar-refractivity contribution in [3.05, 3.63) is 143 Å². The molecule has 0 atom stereocenters. The first-order valence-electron chi connectivity index (χ1n) is 25.1. The first-order valence-corrected chi connectivity index (χ1v) is 25.4. The minimum atomic E-state index is -0.750. The van der Waals surface area contributed by atoms with Crippen molar-refractivity contribution in [2.45, 2.75) is 142 Å². The van der Waals surface area contributed by atoms with Crippen LogP contribution in [0.5, 0.6) is 34.5 Å². The van der Waals surface area contributed by atoms with Gasteiger partial charge in [-0.3, -0.25) is 0 Å². The second kappa shape index (κ2) is 31.1. The fourth-order valence-electron chi connectivity index (χ4n) is 7.53. The summed E-state index contributed by atoms with van der Waals surface area (Å²) in [4.78, 5) is 51.9. The van der Waals surface area contributed by atoms with E-state index < -0.39 is 23.9 Å². The summed E-state index contributed by atoms with van der Waals surface area (Å²) in [6.45, 7) is 5.76. The molecule has 11 heteroatoms. The van der Waals surface area contributed by atoms with Gasteiger partial charge in [-0.25, -0.2) is 19.2 Å². The summed E-state index contributed by atoms with van der Waals surface area (Å²) in [6.07, 6.45) is 25.2. The van der Waals surface area contributed by atoms with Crippen molar-refractivity contribution in [2.24, 2.45) is 0 Å². The van der Waals surface area contributed by atoms with E-state index in [1.165, 1.54) is 169 Å². The van der Waals surface area contributed by atoms with Gasteiger partial charge in [0.05, 0.1) is 40.5 Å². The Labute approximate surface area is 414 Å². The third-order valence-corrected chi connectivity index (χ3v) is 11.9. The standard InChI is InChI=1S/C58H69ClO10/c1-3-5-7-9-11-13-15-17-19-21-41-64-48-31-35-50(36-32-48)66-55(60)44-23-25-46(26-24-44)57(62)68-52-39-40-53(59)54(43-52)69-58(63)47-29-27-45(28-30-47)56(61)67-51-37-33-49(34-38-51)65-42-22-20-18-16-14-12-10-8-6-4-2/h23-40,43H,3-22,41-42H2,1-2H3. The van der Waals surface area contributed by atoms with Gasteiger partial charge < -0.3 is 28.4 Å². The molecule has 0 saturated heterocycles. The van der Waals surface area contributed by atoms with Crippen molar-refractivity contribution in [1.29, 1.82) is 0 Å². The van der Waals surface area contributed by atoms with E-state index >= 15 is 0 Å². The maximum absolute atomic E-state index is 13.1. The van der Waals surface area contributed by atoms with E-state index in [9.17, 15) is 19.2 Å². The van der Waals surface area contributed by atoms with Crippen LogP contribution in [0.4, 0.5) is 0 Å². The first-order chi connectivity index (χ1) is 33.7. The molecule has 0 unspecified atom stereocenters. The quantitative estimate of drug-likeness (QED) is 0.0234. The maximum Gasteiger partial charge on any atom is 0.343 e. The molecule has 69 heavy (non-hydrogen) atoms. The number of hydrogen-bond donors (Lipinski definition) is 0. The van der Waals surface area contributed by atoms with Gasteiger partial charge in [0.15, 0.2) is 5.75 Å². The van der Waals surface area contributed by atoms with E-state index in [2.05, 4.69) is 13.8 Å². The molecular weight excluding hydrogens is 892 g/mol. The zero-order chi connectivity index (χ0) is 48.9. The minimum Gasteiger partial charge on any atom is -0.494 e. The Morgan fingerprint density at radius 3 is 0.957 bits per heavy atom. The van der Waals surface area contributed by atoms with Crippen LogP contribution >= 0.6 is 11.6 Å². The number of halogens is 1. The molecule has 0 amide bonds. The Balaban J connectivity index is 0.995. The van der Waals surface area contributed by atoms with Crippen LogP contribution in [0, 0.1) is 0 Å². The number of rotatable bonds is 32. The molecule has 5 aromatic carbocycles. The molecule has 0 aliphatic carbocycles. The molecule has 5 rings (SSSR count). The average molecular weight is 962 g/mol. The summed E-state index contributed by atoms with van der Waals surface area (Å²) >= 11 is 6.34. The van der Waals surface area contributed by atoms with E-state index in [1.807, 2.05) is 0 Å². The van der Waals surface area contributed by atoms with Crippen LogP contribution in [0.2, 0.25) is 5.02 Å². The van der Waals surface area contributed by atoms with Crippen LogP contribution in [0.3, 0.4) is 0 Å². The highest BCUT2D eigenvalue weighted by atomic mass is 35.5. The molecule has 10 nitrogen and oxygen atoms in total. The molecule has 0 aliphatic rings. The van der Waals surface area contributed by atoms with Crippen molar-refractivity contribution in [2.75, 3.05) is 13.2 Å². The highest BCUT2D eigenvalue weighted by Gasteiger charge is 2.18. The number of hydrogen-bond acceptors (Lipinski definition) is 10. The van der Waals surface area contributed by atoms with Gasteiger partial charge in [-0.05, 0) is 122 Å². The van der Waals surface area contributed by atoms with Crippen molar-refractivity contribution in [1.82, 2.24) is 0 Å². The summed E-state index contributed by atoms with van der Waals surface area (Å²) in [5.41, 5.74) is 0.787. The first kappa shape index (κ1) is 53.8. The van der Waals surface area contributed by atoms with Gasteiger partial charge in [-0.2, -0.15) is 0 Å². The van der Waals surface area contributed by atoms with Gasteiger partial charge in [-0.1, -0.05) is 141 Å². The Hall–Kier alpha value is -6.13. The van der Waals surface area contributed by atoms with Crippen molar-refractivity contribution in [3.8, 4) is 34.5 Å². The lowest BCUT2D eigenvalue weighted by Gasteiger charge is -2.10. The maximum atomic E-state index is 13.1. The van der Waals surface area contributed by atoms with Crippen molar-refractivity contribution >= 4 is 35.5 Å². The number of unbranched alkanes of at least 4 members (excludes halogenated alkanes) is 18. The SMILES string of the molecule is CCCCCCCCCCCCOc1ccc(OC(=O)c2ccc(C(=O)Oc3ccc(Cl)c(OC(=O)c4ccc(C(=O)Oc5ccc(OCCCCCCCCCCCC)cc5)cc4)c3)cc2)cc1. The largest absolute Gasteiger partial charge is 0.494 e. The zero-order valence-corrected chi connectivity index (χ0v) is 41.2. The highest BCUT2D eigenvalue weighted by molar-refractivity contribution is 6.32. The molecule has 0 heterocycles. The predicted octanol–water partition coefficient (Wildman–Crippen LogP) is 15.8. The Morgan fingerprint density at radius 2 is 0.609 bits per heavy atom. The topological polar surface area (TPSA) is 124 Å². The summed E-state index contributed by atoms with van der Waals surface area (Å²) < 4.78 is 33.9. The lowest BCUT2D eigenvalue weighted by molar-refractivity contribution is 0.0714. The second-order valence-corrected chi connectivity index (χ2v) is 17.7. The molecule has 0 fully saturated rings. The van der Waals surface area contributed by atoms with E-state index in [1.54, 1.807) is 48.5 Å². The van der Waals surface area contributed by atoms with Crippen molar-refractivity contribution < 1.29 is 47.6 Å². The average Bonchev–Trinajstić information content (AvgIpc) is 3.37. The number of ether oxygens (including phenoxy) is 6. The molecule has 0 radical (unpaired) electrons. The van der Waals surface area contributed by atoms with E-state index in [0.717, 1.165) is 25.7 Å². The van der Waals surface area contributed by atoms with E-state index in [4.69, 9.17) is 40.0 Å². The van der Waals surface area contributed by atoms with Gasteiger partial charge in [0.1, 0.15) is 28.7 Å². The number of esters is 4. The molecule has 0 bridgehead atoms. The zero-order valence-electron chi connectivity index (χ0n) is 40.5. The molecule has 0 saturated carbocycles. The minimum absolute atomic E-state index is 0.0434. The number of carbonyl (C=O) groups is 4.